The Balaban J connectivity index is 1.60. The fourth-order valence-electron chi connectivity index (χ4n) is 1.83. The SMILES string of the molecule is O=C(/C=C/c1ccsc1)OCc1cc2ccccc2o1. The lowest BCUT2D eigenvalue weighted by atomic mass is 10.2. The number of carbonyl (C=O) groups excluding carboxylic acids is 1. The zero-order valence-corrected chi connectivity index (χ0v) is 11.4. The largest absolute Gasteiger partial charge is 0.457 e. The van der Waals surface area contributed by atoms with E-state index < -0.39 is 0 Å². The maximum atomic E-state index is 11.6. The van der Waals surface area contributed by atoms with Crippen LogP contribution < -0.4 is 0 Å². The van der Waals surface area contributed by atoms with Crippen LogP contribution in [0.2, 0.25) is 0 Å². The maximum absolute atomic E-state index is 11.6. The highest BCUT2D eigenvalue weighted by Crippen LogP contribution is 2.19. The van der Waals surface area contributed by atoms with Gasteiger partial charge >= 0.3 is 5.97 Å². The lowest BCUT2D eigenvalue weighted by Gasteiger charge is -1.97. The van der Waals surface area contributed by atoms with Gasteiger partial charge in [-0.15, -0.1) is 0 Å². The zero-order valence-electron chi connectivity index (χ0n) is 10.6. The molecule has 2 aromatic heterocycles. The second-order valence-electron chi connectivity index (χ2n) is 4.25. The minimum absolute atomic E-state index is 0.140. The van der Waals surface area contributed by atoms with Gasteiger partial charge < -0.3 is 9.15 Å². The molecule has 20 heavy (non-hydrogen) atoms. The number of thiophene rings is 1. The number of benzene rings is 1. The molecule has 0 fully saturated rings. The number of rotatable bonds is 4. The van der Waals surface area contributed by atoms with Crippen LogP contribution in [0.3, 0.4) is 0 Å². The van der Waals surface area contributed by atoms with Crippen molar-refractivity contribution in [2.24, 2.45) is 0 Å². The summed E-state index contributed by atoms with van der Waals surface area (Å²) in [5.41, 5.74) is 1.79. The Morgan fingerprint density at radius 2 is 2.20 bits per heavy atom. The number of ether oxygens (including phenoxy) is 1. The number of furan rings is 1. The molecule has 3 rings (SSSR count). The Kier molecular flexibility index (Phi) is 3.65. The van der Waals surface area contributed by atoms with E-state index in [1.165, 1.54) is 6.08 Å². The first kappa shape index (κ1) is 12.7. The summed E-state index contributed by atoms with van der Waals surface area (Å²) in [6, 6.07) is 11.5. The van der Waals surface area contributed by atoms with Crippen molar-refractivity contribution in [3.63, 3.8) is 0 Å². The number of para-hydroxylation sites is 1. The second kappa shape index (κ2) is 5.75. The summed E-state index contributed by atoms with van der Waals surface area (Å²) in [7, 11) is 0. The molecule has 3 nitrogen and oxygen atoms in total. The van der Waals surface area contributed by atoms with Gasteiger partial charge in [-0.05, 0) is 40.6 Å². The molecule has 0 aliphatic rings. The highest BCUT2D eigenvalue weighted by atomic mass is 32.1. The Hall–Kier alpha value is -2.33. The minimum atomic E-state index is -0.378. The summed E-state index contributed by atoms with van der Waals surface area (Å²) in [5.74, 6) is 0.264. The van der Waals surface area contributed by atoms with Crippen LogP contribution in [0.25, 0.3) is 17.0 Å². The fourth-order valence-corrected chi connectivity index (χ4v) is 2.46. The van der Waals surface area contributed by atoms with Gasteiger partial charge in [0.25, 0.3) is 0 Å². The van der Waals surface area contributed by atoms with Crippen molar-refractivity contribution in [3.8, 4) is 0 Å². The molecule has 0 radical (unpaired) electrons. The monoisotopic (exact) mass is 284 g/mol. The molecule has 2 heterocycles. The summed E-state index contributed by atoms with van der Waals surface area (Å²) in [6.45, 7) is 0.140. The van der Waals surface area contributed by atoms with Crippen molar-refractivity contribution >= 4 is 34.4 Å². The minimum Gasteiger partial charge on any atom is -0.457 e. The van der Waals surface area contributed by atoms with Crippen LogP contribution in [-0.4, -0.2) is 5.97 Å². The number of hydrogen-bond donors (Lipinski definition) is 0. The standard InChI is InChI=1S/C16H12O3S/c17-16(6-5-12-7-8-20-11-12)18-10-14-9-13-3-1-2-4-15(13)19-14/h1-9,11H,10H2/b6-5+. The number of hydrogen-bond acceptors (Lipinski definition) is 4. The van der Waals surface area contributed by atoms with Crippen molar-refractivity contribution in [1.82, 2.24) is 0 Å². The van der Waals surface area contributed by atoms with Gasteiger partial charge in [-0.3, -0.25) is 0 Å². The molecule has 0 N–H and O–H groups in total. The van der Waals surface area contributed by atoms with Gasteiger partial charge in [0.05, 0.1) is 0 Å². The van der Waals surface area contributed by atoms with Gasteiger partial charge in [0.15, 0.2) is 0 Å². The Bertz CT molecular complexity index is 705. The average Bonchev–Trinajstić information content (AvgIpc) is 3.11. The number of carbonyl (C=O) groups is 1. The topological polar surface area (TPSA) is 39.4 Å². The molecule has 3 aromatic rings. The van der Waals surface area contributed by atoms with E-state index in [0.29, 0.717) is 5.76 Å². The number of esters is 1. The molecule has 0 saturated heterocycles. The summed E-state index contributed by atoms with van der Waals surface area (Å²) in [6.07, 6.45) is 3.15. The zero-order chi connectivity index (χ0) is 13.8. The molecule has 4 heteroatoms. The molecular formula is C16H12O3S. The first-order chi connectivity index (χ1) is 9.81. The van der Waals surface area contributed by atoms with Gasteiger partial charge in [-0.2, -0.15) is 11.3 Å². The molecule has 0 amide bonds. The normalized spacial score (nSPS) is 11.2. The van der Waals surface area contributed by atoms with Crippen LogP contribution in [0, 0.1) is 0 Å². The predicted molar refractivity (Wildman–Crippen MR) is 79.4 cm³/mol. The summed E-state index contributed by atoms with van der Waals surface area (Å²) < 4.78 is 10.7. The fraction of sp³-hybridized carbons (Fsp3) is 0.0625. The highest BCUT2D eigenvalue weighted by molar-refractivity contribution is 7.08. The van der Waals surface area contributed by atoms with Gasteiger partial charge in [-0.25, -0.2) is 4.79 Å². The molecule has 0 atom stereocenters. The molecule has 0 saturated carbocycles. The van der Waals surface area contributed by atoms with E-state index in [1.807, 2.05) is 47.2 Å². The van der Waals surface area contributed by atoms with Gasteiger partial charge in [-0.1, -0.05) is 18.2 Å². The third-order valence-corrected chi connectivity index (χ3v) is 3.49. The van der Waals surface area contributed by atoms with Crippen LogP contribution in [0.5, 0.6) is 0 Å². The number of fused-ring (bicyclic) bond motifs is 1. The van der Waals surface area contributed by atoms with Crippen molar-refractivity contribution in [2.45, 2.75) is 6.61 Å². The third kappa shape index (κ3) is 2.97. The Morgan fingerprint density at radius 3 is 3.00 bits per heavy atom. The van der Waals surface area contributed by atoms with E-state index in [4.69, 9.17) is 9.15 Å². The van der Waals surface area contributed by atoms with Crippen molar-refractivity contribution < 1.29 is 13.9 Å². The van der Waals surface area contributed by atoms with Gasteiger partial charge in [0, 0.05) is 11.5 Å². The van der Waals surface area contributed by atoms with E-state index in [-0.39, 0.29) is 12.6 Å². The molecule has 0 unspecified atom stereocenters. The van der Waals surface area contributed by atoms with Gasteiger partial charge in [0.1, 0.15) is 18.0 Å². The van der Waals surface area contributed by atoms with Crippen LogP contribution in [-0.2, 0) is 16.1 Å². The summed E-state index contributed by atoms with van der Waals surface area (Å²) in [4.78, 5) is 11.6. The second-order valence-corrected chi connectivity index (χ2v) is 5.03. The summed E-state index contributed by atoms with van der Waals surface area (Å²) >= 11 is 1.59. The molecular weight excluding hydrogens is 272 g/mol. The smallest absolute Gasteiger partial charge is 0.331 e. The highest BCUT2D eigenvalue weighted by Gasteiger charge is 2.05. The van der Waals surface area contributed by atoms with Gasteiger partial charge in [0.2, 0.25) is 0 Å². The van der Waals surface area contributed by atoms with Crippen molar-refractivity contribution in [1.29, 1.82) is 0 Å². The molecule has 0 spiro atoms. The molecule has 0 aliphatic heterocycles. The van der Waals surface area contributed by atoms with Crippen LogP contribution >= 0.6 is 11.3 Å². The van der Waals surface area contributed by atoms with Crippen molar-refractivity contribution in [2.75, 3.05) is 0 Å². The molecule has 1 aromatic carbocycles. The van der Waals surface area contributed by atoms with E-state index in [1.54, 1.807) is 17.4 Å². The molecule has 0 bridgehead atoms. The van der Waals surface area contributed by atoms with Crippen LogP contribution in [0.4, 0.5) is 0 Å². The van der Waals surface area contributed by atoms with E-state index in [9.17, 15) is 4.79 Å². The van der Waals surface area contributed by atoms with Crippen LogP contribution in [0.1, 0.15) is 11.3 Å². The lowest BCUT2D eigenvalue weighted by Crippen LogP contribution is -1.99. The predicted octanol–water partition coefficient (Wildman–Crippen LogP) is 4.25. The molecule has 0 aliphatic carbocycles. The third-order valence-electron chi connectivity index (χ3n) is 2.79. The maximum Gasteiger partial charge on any atom is 0.331 e. The van der Waals surface area contributed by atoms with Crippen molar-refractivity contribution in [3.05, 3.63) is 64.6 Å². The first-order valence-electron chi connectivity index (χ1n) is 6.16. The molecule has 100 valence electrons. The first-order valence-corrected chi connectivity index (χ1v) is 7.10. The Morgan fingerprint density at radius 1 is 1.30 bits per heavy atom. The van der Waals surface area contributed by atoms with E-state index in [2.05, 4.69) is 0 Å². The quantitative estimate of drug-likeness (QED) is 0.531. The Labute approximate surface area is 120 Å². The van der Waals surface area contributed by atoms with Crippen LogP contribution in [0.15, 0.2) is 57.7 Å². The summed E-state index contributed by atoms with van der Waals surface area (Å²) in [5, 5.41) is 4.93. The van der Waals surface area contributed by atoms with E-state index in [0.717, 1.165) is 16.5 Å². The van der Waals surface area contributed by atoms with E-state index >= 15 is 0 Å². The average molecular weight is 284 g/mol. The lowest BCUT2D eigenvalue weighted by molar-refractivity contribution is -0.139.